The summed E-state index contributed by atoms with van der Waals surface area (Å²) in [7, 11) is 0. The minimum atomic E-state index is -0.589. The molecular formula is C17H18FNO2. The second-order valence-electron chi connectivity index (χ2n) is 5.25. The average Bonchev–Trinajstić information content (AvgIpc) is 2.44. The van der Waals surface area contributed by atoms with E-state index in [2.05, 4.69) is 13.8 Å². The van der Waals surface area contributed by atoms with E-state index in [0.29, 0.717) is 5.92 Å². The van der Waals surface area contributed by atoms with Crippen LogP contribution in [0.4, 0.5) is 10.1 Å². The maximum atomic E-state index is 13.2. The summed E-state index contributed by atoms with van der Waals surface area (Å²) in [5, 5.41) is 0. The van der Waals surface area contributed by atoms with Crippen LogP contribution in [0.5, 0.6) is 0 Å². The van der Waals surface area contributed by atoms with Gasteiger partial charge in [-0.15, -0.1) is 0 Å². The van der Waals surface area contributed by atoms with E-state index in [-0.39, 0.29) is 17.9 Å². The summed E-state index contributed by atoms with van der Waals surface area (Å²) < 4.78 is 18.3. The molecule has 4 heteroatoms. The molecule has 21 heavy (non-hydrogen) atoms. The van der Waals surface area contributed by atoms with Crippen molar-refractivity contribution in [1.82, 2.24) is 0 Å². The predicted molar refractivity (Wildman–Crippen MR) is 80.5 cm³/mol. The summed E-state index contributed by atoms with van der Waals surface area (Å²) in [4.78, 5) is 11.9. The van der Waals surface area contributed by atoms with Gasteiger partial charge in [-0.2, -0.15) is 0 Å². The van der Waals surface area contributed by atoms with Gasteiger partial charge in [-0.05, 0) is 35.2 Å². The van der Waals surface area contributed by atoms with E-state index in [4.69, 9.17) is 10.5 Å². The molecule has 0 bridgehead atoms. The monoisotopic (exact) mass is 287 g/mol. The zero-order valence-electron chi connectivity index (χ0n) is 12.1. The Hall–Kier alpha value is -2.36. The molecule has 2 rings (SSSR count). The molecule has 0 heterocycles. The number of hydrogen-bond acceptors (Lipinski definition) is 3. The molecule has 2 N–H and O–H groups in total. The van der Waals surface area contributed by atoms with E-state index in [9.17, 15) is 9.18 Å². The number of nitrogens with two attached hydrogens (primary N) is 1. The first-order valence-corrected chi connectivity index (χ1v) is 6.77. The minimum absolute atomic E-state index is 0.117. The molecule has 0 amide bonds. The van der Waals surface area contributed by atoms with E-state index in [1.54, 1.807) is 0 Å². The zero-order chi connectivity index (χ0) is 15.4. The number of carbonyl (C=O) groups excluding carboxylic acids is 1. The van der Waals surface area contributed by atoms with Crippen LogP contribution >= 0.6 is 0 Å². The number of ether oxygens (including phenoxy) is 1. The summed E-state index contributed by atoms with van der Waals surface area (Å²) in [6.07, 6.45) is 0. The maximum absolute atomic E-state index is 13.2. The van der Waals surface area contributed by atoms with Gasteiger partial charge >= 0.3 is 5.97 Å². The average molecular weight is 287 g/mol. The van der Waals surface area contributed by atoms with Crippen LogP contribution in [0.1, 0.15) is 41.3 Å². The summed E-state index contributed by atoms with van der Waals surface area (Å²) in [6, 6.07) is 11.5. The van der Waals surface area contributed by atoms with Crippen molar-refractivity contribution in [3.05, 3.63) is 65.0 Å². The van der Waals surface area contributed by atoms with Crippen LogP contribution in [0.3, 0.4) is 0 Å². The van der Waals surface area contributed by atoms with Gasteiger partial charge in [-0.1, -0.05) is 38.1 Å². The molecule has 0 aliphatic heterocycles. The Morgan fingerprint density at radius 1 is 1.19 bits per heavy atom. The summed E-state index contributed by atoms with van der Waals surface area (Å²) in [5.74, 6) is -0.686. The van der Waals surface area contributed by atoms with E-state index >= 15 is 0 Å². The van der Waals surface area contributed by atoms with Crippen LogP contribution in [0.15, 0.2) is 42.5 Å². The van der Waals surface area contributed by atoms with Crippen LogP contribution in [0.25, 0.3) is 0 Å². The van der Waals surface area contributed by atoms with Gasteiger partial charge in [0.15, 0.2) is 0 Å². The lowest BCUT2D eigenvalue weighted by molar-refractivity contribution is 0.0472. The van der Waals surface area contributed by atoms with Crippen molar-refractivity contribution in [3.63, 3.8) is 0 Å². The van der Waals surface area contributed by atoms with Crippen molar-refractivity contribution in [2.75, 3.05) is 5.73 Å². The number of hydrogen-bond donors (Lipinski definition) is 1. The van der Waals surface area contributed by atoms with E-state index < -0.39 is 11.8 Å². The van der Waals surface area contributed by atoms with Crippen LogP contribution in [-0.2, 0) is 11.3 Å². The van der Waals surface area contributed by atoms with Gasteiger partial charge in [0.25, 0.3) is 0 Å². The fraction of sp³-hybridized carbons (Fsp3) is 0.235. The third-order valence-corrected chi connectivity index (χ3v) is 3.17. The topological polar surface area (TPSA) is 52.3 Å². The van der Waals surface area contributed by atoms with Crippen LogP contribution < -0.4 is 5.73 Å². The third kappa shape index (κ3) is 4.05. The van der Waals surface area contributed by atoms with Gasteiger partial charge in [0.1, 0.15) is 12.4 Å². The Morgan fingerprint density at radius 2 is 1.86 bits per heavy atom. The number of nitrogen functional groups attached to an aromatic ring is 1. The smallest absolute Gasteiger partial charge is 0.338 e. The van der Waals surface area contributed by atoms with Gasteiger partial charge in [0.05, 0.1) is 5.56 Å². The Morgan fingerprint density at radius 3 is 2.43 bits per heavy atom. The van der Waals surface area contributed by atoms with Crippen LogP contribution in [-0.4, -0.2) is 5.97 Å². The lowest BCUT2D eigenvalue weighted by atomic mass is 10.0. The third-order valence-electron chi connectivity index (χ3n) is 3.17. The highest BCUT2D eigenvalue weighted by molar-refractivity contribution is 5.90. The van der Waals surface area contributed by atoms with Gasteiger partial charge in [0, 0.05) is 5.69 Å². The second kappa shape index (κ2) is 6.39. The van der Waals surface area contributed by atoms with Crippen molar-refractivity contribution in [1.29, 1.82) is 0 Å². The molecule has 2 aromatic carbocycles. The van der Waals surface area contributed by atoms with E-state index in [0.717, 1.165) is 17.7 Å². The highest BCUT2D eigenvalue weighted by atomic mass is 19.1. The van der Waals surface area contributed by atoms with E-state index in [1.807, 2.05) is 24.3 Å². The van der Waals surface area contributed by atoms with Gasteiger partial charge in [-0.3, -0.25) is 0 Å². The van der Waals surface area contributed by atoms with Gasteiger partial charge in [-0.25, -0.2) is 9.18 Å². The molecule has 0 aliphatic carbocycles. The van der Waals surface area contributed by atoms with Crippen molar-refractivity contribution in [2.24, 2.45) is 0 Å². The maximum Gasteiger partial charge on any atom is 0.338 e. The Labute approximate surface area is 123 Å². The lowest BCUT2D eigenvalue weighted by Gasteiger charge is -2.08. The summed E-state index contributed by atoms with van der Waals surface area (Å²) in [6.45, 7) is 4.38. The summed E-state index contributed by atoms with van der Waals surface area (Å²) >= 11 is 0. The molecule has 3 nitrogen and oxygen atoms in total. The van der Waals surface area contributed by atoms with Gasteiger partial charge < -0.3 is 10.5 Å². The SMILES string of the molecule is CC(C)c1ccc(COC(=O)c2cc(N)cc(F)c2)cc1. The van der Waals surface area contributed by atoms with Crippen molar-refractivity contribution in [3.8, 4) is 0 Å². The molecule has 0 unspecified atom stereocenters. The number of halogens is 1. The Bertz CT molecular complexity index is 615. The molecule has 0 spiro atoms. The van der Waals surface area contributed by atoms with E-state index in [1.165, 1.54) is 11.6 Å². The number of esters is 1. The second-order valence-corrected chi connectivity index (χ2v) is 5.25. The first-order valence-electron chi connectivity index (χ1n) is 6.77. The fourth-order valence-corrected chi connectivity index (χ4v) is 1.96. The quantitative estimate of drug-likeness (QED) is 0.685. The summed E-state index contributed by atoms with van der Waals surface area (Å²) in [5.41, 5.74) is 7.93. The largest absolute Gasteiger partial charge is 0.457 e. The molecule has 0 radical (unpaired) electrons. The van der Waals surface area contributed by atoms with Crippen molar-refractivity contribution < 1.29 is 13.9 Å². The molecule has 0 atom stereocenters. The van der Waals surface area contributed by atoms with Crippen molar-refractivity contribution in [2.45, 2.75) is 26.4 Å². The molecule has 0 aromatic heterocycles. The first-order chi connectivity index (χ1) is 9.95. The Kier molecular flexibility index (Phi) is 4.58. The normalized spacial score (nSPS) is 10.7. The minimum Gasteiger partial charge on any atom is -0.457 e. The Balaban J connectivity index is 2.00. The zero-order valence-corrected chi connectivity index (χ0v) is 12.1. The van der Waals surface area contributed by atoms with Crippen molar-refractivity contribution >= 4 is 11.7 Å². The molecule has 0 saturated heterocycles. The molecular weight excluding hydrogens is 269 g/mol. The molecule has 2 aromatic rings. The van der Waals surface area contributed by atoms with Crippen LogP contribution in [0.2, 0.25) is 0 Å². The number of anilines is 1. The molecule has 0 fully saturated rings. The molecule has 0 aliphatic rings. The van der Waals surface area contributed by atoms with Crippen LogP contribution in [0, 0.1) is 5.82 Å². The molecule has 0 saturated carbocycles. The fourth-order valence-electron chi connectivity index (χ4n) is 1.96. The number of benzene rings is 2. The highest BCUT2D eigenvalue weighted by Crippen LogP contribution is 2.16. The standard InChI is InChI=1S/C17H18FNO2/c1-11(2)13-5-3-12(4-6-13)10-21-17(20)14-7-15(18)9-16(19)8-14/h3-9,11H,10,19H2,1-2H3. The lowest BCUT2D eigenvalue weighted by Crippen LogP contribution is -2.06. The highest BCUT2D eigenvalue weighted by Gasteiger charge is 2.10. The first kappa shape index (κ1) is 15.0. The predicted octanol–water partition coefficient (Wildman–Crippen LogP) is 3.89. The number of carbonyl (C=O) groups is 1. The molecule has 110 valence electrons. The van der Waals surface area contributed by atoms with Gasteiger partial charge in [0.2, 0.25) is 0 Å². The number of rotatable bonds is 4.